The summed E-state index contributed by atoms with van der Waals surface area (Å²) < 4.78 is 0. The molecule has 1 heterocycles. The van der Waals surface area contributed by atoms with Crippen molar-refractivity contribution >= 4 is 11.8 Å². The molecule has 0 radical (unpaired) electrons. The molecule has 74 valence electrons. The fourth-order valence-corrected chi connectivity index (χ4v) is 1.74. The summed E-state index contributed by atoms with van der Waals surface area (Å²) in [5, 5.41) is 8.83. The van der Waals surface area contributed by atoms with E-state index in [4.69, 9.17) is 10.8 Å². The Morgan fingerprint density at radius 2 is 2.21 bits per heavy atom. The van der Waals surface area contributed by atoms with E-state index in [2.05, 4.69) is 0 Å². The van der Waals surface area contributed by atoms with Crippen molar-refractivity contribution < 1.29 is 9.90 Å². The van der Waals surface area contributed by atoms with E-state index in [1.165, 1.54) is 10.5 Å². The zero-order valence-electron chi connectivity index (χ0n) is 7.73. The number of fused-ring (bicyclic) bond motifs is 1. The molecular weight excluding hydrogens is 180 g/mol. The van der Waals surface area contributed by atoms with Crippen molar-refractivity contribution in [3.63, 3.8) is 0 Å². The second kappa shape index (κ2) is 3.21. The number of hydrogen-bond donors (Lipinski definition) is 2. The fourth-order valence-electron chi connectivity index (χ4n) is 1.74. The third-order valence-electron chi connectivity index (χ3n) is 2.51. The Kier molecular flexibility index (Phi) is 2.04. The Hall–Kier alpha value is -1.71. The summed E-state index contributed by atoms with van der Waals surface area (Å²) in [5.74, 6) is 0. The van der Waals surface area contributed by atoms with Gasteiger partial charge in [0.25, 0.3) is 0 Å². The first-order valence-electron chi connectivity index (χ1n) is 4.52. The standard InChI is InChI=1S/C10H12N2O2/c11-9-2-1-7-3-4-12(10(13)14)6-8(7)5-9/h1-2,5H,3-4,6,11H2,(H,13,14). The molecule has 0 atom stereocenters. The summed E-state index contributed by atoms with van der Waals surface area (Å²) >= 11 is 0. The van der Waals surface area contributed by atoms with Gasteiger partial charge in [-0.05, 0) is 29.7 Å². The molecule has 0 unspecified atom stereocenters. The first-order chi connectivity index (χ1) is 6.66. The molecule has 0 aliphatic carbocycles. The van der Waals surface area contributed by atoms with Crippen molar-refractivity contribution in [1.82, 2.24) is 4.90 Å². The number of nitrogens with two attached hydrogens (primary N) is 1. The predicted molar refractivity (Wildman–Crippen MR) is 53.0 cm³/mol. The second-order valence-corrected chi connectivity index (χ2v) is 3.48. The summed E-state index contributed by atoms with van der Waals surface area (Å²) in [4.78, 5) is 12.1. The minimum atomic E-state index is -0.863. The molecule has 4 heteroatoms. The summed E-state index contributed by atoms with van der Waals surface area (Å²) in [6.07, 6.45) is -0.0832. The van der Waals surface area contributed by atoms with Gasteiger partial charge in [0.05, 0.1) is 0 Å². The zero-order chi connectivity index (χ0) is 10.1. The second-order valence-electron chi connectivity index (χ2n) is 3.48. The molecule has 0 bridgehead atoms. The molecular formula is C10H12N2O2. The average Bonchev–Trinajstić information content (AvgIpc) is 2.16. The molecule has 1 aliphatic heterocycles. The summed E-state index contributed by atoms with van der Waals surface area (Å²) in [5.41, 5.74) is 8.56. The molecule has 0 fully saturated rings. The Balaban J connectivity index is 2.29. The zero-order valence-corrected chi connectivity index (χ0v) is 7.73. The van der Waals surface area contributed by atoms with E-state index >= 15 is 0 Å². The maximum Gasteiger partial charge on any atom is 0.407 e. The van der Waals surface area contributed by atoms with Crippen molar-refractivity contribution in [1.29, 1.82) is 0 Å². The van der Waals surface area contributed by atoms with Crippen molar-refractivity contribution in [2.45, 2.75) is 13.0 Å². The number of benzene rings is 1. The molecule has 0 aromatic heterocycles. The largest absolute Gasteiger partial charge is 0.465 e. The molecule has 0 saturated heterocycles. The Morgan fingerprint density at radius 3 is 2.93 bits per heavy atom. The van der Waals surface area contributed by atoms with Gasteiger partial charge >= 0.3 is 6.09 Å². The van der Waals surface area contributed by atoms with E-state index in [1.54, 1.807) is 0 Å². The number of nitrogen functional groups attached to an aromatic ring is 1. The van der Waals surface area contributed by atoms with Crippen molar-refractivity contribution in [2.75, 3.05) is 12.3 Å². The monoisotopic (exact) mass is 192 g/mol. The van der Waals surface area contributed by atoms with Crippen LogP contribution in [0.25, 0.3) is 0 Å². The first-order valence-corrected chi connectivity index (χ1v) is 4.52. The Labute approximate surface area is 81.9 Å². The van der Waals surface area contributed by atoms with Gasteiger partial charge < -0.3 is 15.7 Å². The molecule has 1 aromatic rings. The smallest absolute Gasteiger partial charge is 0.407 e. The van der Waals surface area contributed by atoms with Crippen LogP contribution in [0.2, 0.25) is 0 Å². The molecule has 4 nitrogen and oxygen atoms in total. The van der Waals surface area contributed by atoms with Gasteiger partial charge in [-0.1, -0.05) is 6.07 Å². The predicted octanol–water partition coefficient (Wildman–Crippen LogP) is 1.30. The highest BCUT2D eigenvalue weighted by atomic mass is 16.4. The number of anilines is 1. The van der Waals surface area contributed by atoms with Crippen LogP contribution in [0.3, 0.4) is 0 Å². The number of carboxylic acid groups (broad SMARTS) is 1. The van der Waals surface area contributed by atoms with Crippen LogP contribution in [0.1, 0.15) is 11.1 Å². The molecule has 1 aromatic carbocycles. The normalized spacial score (nSPS) is 15.0. The van der Waals surface area contributed by atoms with Crippen LogP contribution >= 0.6 is 0 Å². The lowest BCUT2D eigenvalue weighted by Crippen LogP contribution is -2.34. The van der Waals surface area contributed by atoms with Gasteiger partial charge in [-0.15, -0.1) is 0 Å². The SMILES string of the molecule is Nc1ccc2c(c1)CN(C(=O)O)CC2. The quantitative estimate of drug-likeness (QED) is 0.609. The van der Waals surface area contributed by atoms with Crippen LogP contribution in [0.5, 0.6) is 0 Å². The molecule has 0 saturated carbocycles. The van der Waals surface area contributed by atoms with Crippen LogP contribution in [0, 0.1) is 0 Å². The van der Waals surface area contributed by atoms with E-state index in [0.29, 0.717) is 18.8 Å². The Bertz CT molecular complexity index is 376. The molecule has 14 heavy (non-hydrogen) atoms. The number of amides is 1. The lowest BCUT2D eigenvalue weighted by Gasteiger charge is -2.26. The van der Waals surface area contributed by atoms with Crippen LogP contribution in [-0.4, -0.2) is 22.6 Å². The number of rotatable bonds is 0. The van der Waals surface area contributed by atoms with Crippen LogP contribution < -0.4 is 5.73 Å². The molecule has 0 spiro atoms. The minimum absolute atomic E-state index is 0.454. The van der Waals surface area contributed by atoms with Crippen molar-refractivity contribution in [3.8, 4) is 0 Å². The van der Waals surface area contributed by atoms with Crippen LogP contribution in [0.4, 0.5) is 10.5 Å². The highest BCUT2D eigenvalue weighted by molar-refractivity contribution is 5.65. The molecule has 1 aliphatic rings. The van der Waals surface area contributed by atoms with Gasteiger partial charge in [0.15, 0.2) is 0 Å². The third kappa shape index (κ3) is 1.51. The number of nitrogens with zero attached hydrogens (tertiary/aromatic N) is 1. The van der Waals surface area contributed by atoms with Gasteiger partial charge in [0.2, 0.25) is 0 Å². The van der Waals surface area contributed by atoms with Crippen LogP contribution in [-0.2, 0) is 13.0 Å². The third-order valence-corrected chi connectivity index (χ3v) is 2.51. The average molecular weight is 192 g/mol. The van der Waals surface area contributed by atoms with Crippen molar-refractivity contribution in [3.05, 3.63) is 29.3 Å². The van der Waals surface area contributed by atoms with E-state index in [1.807, 2.05) is 18.2 Å². The van der Waals surface area contributed by atoms with E-state index in [-0.39, 0.29) is 0 Å². The van der Waals surface area contributed by atoms with Gasteiger partial charge in [-0.3, -0.25) is 0 Å². The van der Waals surface area contributed by atoms with Crippen LogP contribution in [0.15, 0.2) is 18.2 Å². The lowest BCUT2D eigenvalue weighted by molar-refractivity contribution is 0.140. The van der Waals surface area contributed by atoms with Gasteiger partial charge in [-0.25, -0.2) is 4.79 Å². The van der Waals surface area contributed by atoms with E-state index < -0.39 is 6.09 Å². The highest BCUT2D eigenvalue weighted by Crippen LogP contribution is 2.21. The van der Waals surface area contributed by atoms with Crippen molar-refractivity contribution in [2.24, 2.45) is 0 Å². The first kappa shape index (κ1) is 8.87. The Morgan fingerprint density at radius 1 is 1.43 bits per heavy atom. The maximum absolute atomic E-state index is 10.7. The summed E-state index contributed by atoms with van der Waals surface area (Å²) in [6.45, 7) is 1.03. The van der Waals surface area contributed by atoms with Gasteiger partial charge in [0, 0.05) is 18.8 Å². The summed E-state index contributed by atoms with van der Waals surface area (Å²) in [7, 11) is 0. The number of carbonyl (C=O) groups is 1. The lowest BCUT2D eigenvalue weighted by atomic mass is 9.99. The van der Waals surface area contributed by atoms with E-state index in [9.17, 15) is 4.79 Å². The summed E-state index contributed by atoms with van der Waals surface area (Å²) in [6, 6.07) is 5.68. The molecule has 3 N–H and O–H groups in total. The molecule has 1 amide bonds. The van der Waals surface area contributed by atoms with E-state index in [0.717, 1.165) is 12.0 Å². The minimum Gasteiger partial charge on any atom is -0.465 e. The maximum atomic E-state index is 10.7. The van der Waals surface area contributed by atoms with Gasteiger partial charge in [-0.2, -0.15) is 0 Å². The number of hydrogen-bond acceptors (Lipinski definition) is 2. The fraction of sp³-hybridized carbons (Fsp3) is 0.300. The van der Waals surface area contributed by atoms with Gasteiger partial charge in [0.1, 0.15) is 0 Å². The topological polar surface area (TPSA) is 66.6 Å². The molecule has 2 rings (SSSR count). The highest BCUT2D eigenvalue weighted by Gasteiger charge is 2.19.